The summed E-state index contributed by atoms with van der Waals surface area (Å²) in [6.07, 6.45) is 10.9. The fourth-order valence-corrected chi connectivity index (χ4v) is 9.26. The molecule has 8 aromatic carbocycles. The van der Waals surface area contributed by atoms with Crippen molar-refractivity contribution in [3.8, 4) is 44.5 Å². The maximum atomic E-state index is 5.31. The lowest BCUT2D eigenvalue weighted by Crippen LogP contribution is -2.09. The normalized spacial score (nSPS) is 13.8. The third-order valence-corrected chi connectivity index (χ3v) is 11.9. The van der Waals surface area contributed by atoms with Crippen molar-refractivity contribution in [2.24, 2.45) is 4.99 Å². The first-order valence-corrected chi connectivity index (χ1v) is 20.1. The first-order valence-electron chi connectivity index (χ1n) is 20.1. The third kappa shape index (κ3) is 5.84. The largest absolute Gasteiger partial charge is 0.311 e. The van der Waals surface area contributed by atoms with Gasteiger partial charge in [-0.1, -0.05) is 152 Å². The number of rotatable bonds is 7. The number of para-hydroxylation sites is 2. The lowest BCUT2D eigenvalue weighted by molar-refractivity contribution is 1.03. The highest BCUT2D eigenvalue weighted by Crippen LogP contribution is 2.51. The summed E-state index contributed by atoms with van der Waals surface area (Å²) < 4.78 is 0. The van der Waals surface area contributed by atoms with Crippen LogP contribution in [0.2, 0.25) is 0 Å². The maximum absolute atomic E-state index is 5.31. The Balaban J connectivity index is 0.984. The van der Waals surface area contributed by atoms with Crippen molar-refractivity contribution in [3.05, 3.63) is 216 Å². The first kappa shape index (κ1) is 33.3. The van der Waals surface area contributed by atoms with E-state index in [4.69, 9.17) is 4.99 Å². The molecule has 0 aromatic heterocycles. The molecule has 1 heterocycles. The van der Waals surface area contributed by atoms with Crippen LogP contribution in [0.5, 0.6) is 0 Å². The van der Waals surface area contributed by atoms with Gasteiger partial charge in [0.25, 0.3) is 0 Å². The van der Waals surface area contributed by atoms with Crippen molar-refractivity contribution >= 4 is 39.2 Å². The second-order valence-electron chi connectivity index (χ2n) is 15.3. The van der Waals surface area contributed by atoms with Crippen LogP contribution in [0.4, 0.5) is 22.7 Å². The van der Waals surface area contributed by atoms with E-state index in [1.165, 1.54) is 83.3 Å². The van der Waals surface area contributed by atoms with Gasteiger partial charge in [-0.05, 0) is 134 Å². The molecule has 0 saturated heterocycles. The van der Waals surface area contributed by atoms with Crippen LogP contribution in [0.15, 0.2) is 205 Å². The molecular formula is C55H40N2. The zero-order chi connectivity index (χ0) is 37.7. The third-order valence-electron chi connectivity index (χ3n) is 11.9. The lowest BCUT2D eigenvalue weighted by atomic mass is 9.87. The second kappa shape index (κ2) is 13.9. The van der Waals surface area contributed by atoms with E-state index < -0.39 is 0 Å². The Morgan fingerprint density at radius 3 is 1.79 bits per heavy atom. The van der Waals surface area contributed by atoms with Gasteiger partial charge in [0.1, 0.15) is 0 Å². The molecule has 57 heavy (non-hydrogen) atoms. The molecule has 0 saturated carbocycles. The summed E-state index contributed by atoms with van der Waals surface area (Å²) in [7, 11) is 0. The Morgan fingerprint density at radius 1 is 0.421 bits per heavy atom. The van der Waals surface area contributed by atoms with E-state index in [1.54, 1.807) is 0 Å². The van der Waals surface area contributed by atoms with E-state index in [0.29, 0.717) is 0 Å². The maximum Gasteiger partial charge on any atom is 0.0747 e. The Morgan fingerprint density at radius 2 is 1.05 bits per heavy atom. The topological polar surface area (TPSA) is 15.6 Å². The molecule has 8 aromatic rings. The molecule has 2 aliphatic carbocycles. The molecule has 0 fully saturated rings. The number of fused-ring (bicyclic) bond motifs is 6. The molecule has 0 spiro atoms. The van der Waals surface area contributed by atoms with Crippen molar-refractivity contribution in [2.75, 3.05) is 4.90 Å². The van der Waals surface area contributed by atoms with Gasteiger partial charge in [-0.2, -0.15) is 0 Å². The predicted octanol–water partition coefficient (Wildman–Crippen LogP) is 14.8. The van der Waals surface area contributed by atoms with Crippen molar-refractivity contribution in [1.82, 2.24) is 0 Å². The van der Waals surface area contributed by atoms with Gasteiger partial charge in [-0.25, -0.2) is 0 Å². The van der Waals surface area contributed by atoms with Gasteiger partial charge in [-0.15, -0.1) is 0 Å². The molecular weight excluding hydrogens is 689 g/mol. The fourth-order valence-electron chi connectivity index (χ4n) is 9.26. The van der Waals surface area contributed by atoms with Crippen LogP contribution < -0.4 is 4.90 Å². The molecule has 0 bridgehead atoms. The smallest absolute Gasteiger partial charge is 0.0747 e. The summed E-state index contributed by atoms with van der Waals surface area (Å²) >= 11 is 0. The molecule has 11 rings (SSSR count). The average Bonchev–Trinajstić information content (AvgIpc) is 3.90. The Hall–Kier alpha value is -7.03. The minimum atomic E-state index is 0.888. The summed E-state index contributed by atoms with van der Waals surface area (Å²) in [5.41, 5.74) is 21.2. The summed E-state index contributed by atoms with van der Waals surface area (Å²) in [6.45, 7) is 0. The minimum Gasteiger partial charge on any atom is -0.311 e. The quantitative estimate of drug-likeness (QED) is 0.160. The van der Waals surface area contributed by atoms with Crippen LogP contribution in [0.3, 0.4) is 0 Å². The first-order chi connectivity index (χ1) is 28.3. The highest BCUT2D eigenvalue weighted by molar-refractivity contribution is 6.14. The molecule has 0 radical (unpaired) electrons. The number of hydrogen-bond donors (Lipinski definition) is 0. The highest BCUT2D eigenvalue weighted by Gasteiger charge is 2.28. The summed E-state index contributed by atoms with van der Waals surface area (Å²) in [5.74, 6) is 0. The van der Waals surface area contributed by atoms with Crippen LogP contribution in [0.25, 0.3) is 55.3 Å². The van der Waals surface area contributed by atoms with Crippen LogP contribution in [-0.4, -0.2) is 5.71 Å². The van der Waals surface area contributed by atoms with Gasteiger partial charge < -0.3 is 4.90 Å². The lowest BCUT2D eigenvalue weighted by Gasteiger charge is -2.26. The number of aliphatic imine (C=N–C) groups is 1. The Kier molecular flexibility index (Phi) is 8.14. The van der Waals surface area contributed by atoms with Crippen molar-refractivity contribution in [2.45, 2.75) is 25.7 Å². The Bertz CT molecular complexity index is 2910. The van der Waals surface area contributed by atoms with E-state index in [2.05, 4.69) is 199 Å². The monoisotopic (exact) mass is 728 g/mol. The molecule has 2 nitrogen and oxygen atoms in total. The number of allylic oxidation sites excluding steroid dienone is 4. The molecule has 1 aliphatic heterocycles. The van der Waals surface area contributed by atoms with Crippen molar-refractivity contribution < 1.29 is 0 Å². The molecule has 0 amide bonds. The number of nitrogens with zero attached hydrogens (tertiary/aromatic N) is 2. The van der Waals surface area contributed by atoms with E-state index in [-0.39, 0.29) is 0 Å². The van der Waals surface area contributed by atoms with Crippen molar-refractivity contribution in [1.29, 1.82) is 0 Å². The van der Waals surface area contributed by atoms with Crippen LogP contribution in [0, 0.1) is 0 Å². The molecule has 3 aliphatic rings. The van der Waals surface area contributed by atoms with E-state index >= 15 is 0 Å². The minimum absolute atomic E-state index is 0.888. The summed E-state index contributed by atoms with van der Waals surface area (Å²) in [4.78, 5) is 7.65. The average molecular weight is 729 g/mol. The van der Waals surface area contributed by atoms with Crippen LogP contribution in [0.1, 0.15) is 29.5 Å². The summed E-state index contributed by atoms with van der Waals surface area (Å²) in [5, 5.41) is 2.58. The van der Waals surface area contributed by atoms with Crippen LogP contribution >= 0.6 is 0 Å². The summed E-state index contributed by atoms with van der Waals surface area (Å²) in [6, 6.07) is 64.3. The SMILES string of the molecule is C1=CC(C2=Nc3c(cccc3-c3cc4c(c5ccccc35)-c3c(cccc3-c3ccc(N(c5ccccc5)c5ccc(-c6ccccc6)cc5)cc3)C4)C2)=CCC1. The van der Waals surface area contributed by atoms with Gasteiger partial charge in [0.2, 0.25) is 0 Å². The molecule has 0 atom stereocenters. The number of anilines is 3. The van der Waals surface area contributed by atoms with Gasteiger partial charge in [-0.3, -0.25) is 4.99 Å². The molecule has 0 N–H and O–H groups in total. The van der Waals surface area contributed by atoms with Gasteiger partial charge in [0.05, 0.1) is 11.4 Å². The molecule has 2 heteroatoms. The van der Waals surface area contributed by atoms with E-state index in [9.17, 15) is 0 Å². The van der Waals surface area contributed by atoms with Gasteiger partial charge >= 0.3 is 0 Å². The number of benzene rings is 8. The van der Waals surface area contributed by atoms with Crippen molar-refractivity contribution in [3.63, 3.8) is 0 Å². The molecule has 0 unspecified atom stereocenters. The number of hydrogen-bond acceptors (Lipinski definition) is 2. The van der Waals surface area contributed by atoms with Gasteiger partial charge in [0.15, 0.2) is 0 Å². The predicted molar refractivity (Wildman–Crippen MR) is 240 cm³/mol. The Labute approximate surface area is 334 Å². The van der Waals surface area contributed by atoms with E-state index in [0.717, 1.165) is 48.4 Å². The highest BCUT2D eigenvalue weighted by atomic mass is 15.1. The standard InChI is InChI=1S/C55H40N2/c1-4-14-37(15-5-1)38-26-30-45(31-27-38)57(44-20-8-3-9-21-44)46-32-28-39(29-33-46)47-24-12-18-41-34-43-35-51(48-22-10-11-23-49(48)54(43)53(41)47)50-25-13-19-42-36-52(56-55(42)50)40-16-6-2-7-17-40/h1,3-6,8-33,35H,2,7,34,36H2. The zero-order valence-corrected chi connectivity index (χ0v) is 31.7. The van der Waals surface area contributed by atoms with Crippen LogP contribution in [-0.2, 0) is 12.8 Å². The molecule has 270 valence electrons. The van der Waals surface area contributed by atoms with Gasteiger partial charge in [0, 0.05) is 29.0 Å². The zero-order valence-electron chi connectivity index (χ0n) is 31.7. The van der Waals surface area contributed by atoms with E-state index in [1.807, 2.05) is 0 Å². The second-order valence-corrected chi connectivity index (χ2v) is 15.3. The fraction of sp³-hybridized carbons (Fsp3) is 0.0727.